The predicted molar refractivity (Wildman–Crippen MR) is 87.3 cm³/mol. The molecule has 0 radical (unpaired) electrons. The van der Waals surface area contributed by atoms with Crippen molar-refractivity contribution in [1.29, 1.82) is 0 Å². The molecule has 0 aliphatic rings. The Balaban J connectivity index is 2.56. The summed E-state index contributed by atoms with van der Waals surface area (Å²) in [6.07, 6.45) is 0.303. The number of fused-ring (bicyclic) bond motifs is 1. The van der Waals surface area contributed by atoms with Crippen molar-refractivity contribution in [2.45, 2.75) is 53.5 Å². The maximum absolute atomic E-state index is 14.3. The van der Waals surface area contributed by atoms with Gasteiger partial charge in [-0.25, -0.2) is 13.8 Å². The van der Waals surface area contributed by atoms with Gasteiger partial charge in [0.25, 0.3) is 0 Å². The van der Waals surface area contributed by atoms with Crippen LogP contribution in [-0.2, 0) is 10.3 Å². The van der Waals surface area contributed by atoms with Crippen LogP contribution in [0.15, 0.2) is 12.1 Å². The van der Waals surface area contributed by atoms with Crippen molar-refractivity contribution >= 4 is 22.9 Å². The summed E-state index contributed by atoms with van der Waals surface area (Å²) in [5.74, 6) is -1.87. The Kier molecular flexibility index (Phi) is 4.22. The summed E-state index contributed by atoms with van der Waals surface area (Å²) in [7, 11) is 0. The highest BCUT2D eigenvalue weighted by atomic mass is 19.2. The third-order valence-electron chi connectivity index (χ3n) is 3.32. The van der Waals surface area contributed by atoms with Crippen LogP contribution in [0.25, 0.3) is 11.0 Å². The Hall–Kier alpha value is -1.98. The monoisotopic (exact) mass is 323 g/mol. The number of anilines is 1. The molecule has 0 aliphatic heterocycles. The van der Waals surface area contributed by atoms with Crippen LogP contribution < -0.4 is 5.32 Å². The molecule has 6 heteroatoms. The number of aromatic nitrogens is 2. The molecule has 2 aromatic rings. The third-order valence-corrected chi connectivity index (χ3v) is 3.32. The van der Waals surface area contributed by atoms with Crippen LogP contribution in [0.4, 0.5) is 14.7 Å². The summed E-state index contributed by atoms with van der Waals surface area (Å²) in [6, 6.07) is 2.45. The molecule has 1 aromatic carbocycles. The fourth-order valence-electron chi connectivity index (χ4n) is 2.49. The molecule has 4 nitrogen and oxygen atoms in total. The Morgan fingerprint density at radius 1 is 1.17 bits per heavy atom. The Labute approximate surface area is 134 Å². The van der Waals surface area contributed by atoms with Crippen LogP contribution in [0.1, 0.15) is 48.0 Å². The first-order chi connectivity index (χ1) is 10.4. The molecule has 0 unspecified atom stereocenters. The average molecular weight is 323 g/mol. The topological polar surface area (TPSA) is 46.9 Å². The van der Waals surface area contributed by atoms with Crippen LogP contribution in [-0.4, -0.2) is 15.5 Å². The molecule has 2 rings (SSSR count). The quantitative estimate of drug-likeness (QED) is 0.888. The molecule has 0 bridgehead atoms. The fraction of sp³-hybridized carbons (Fsp3) is 0.529. The van der Waals surface area contributed by atoms with Gasteiger partial charge in [0.2, 0.25) is 11.9 Å². The standard InChI is InChI=1S/C17H23F2N3O/c1-16(2,3)9-12(23)21-15-20-11-8-7-10(18)13(19)14(11)22(15)17(4,5)6/h7-8H,9H2,1-6H3,(H,20,21,23). The van der Waals surface area contributed by atoms with Crippen molar-refractivity contribution in [3.05, 3.63) is 23.8 Å². The molecule has 0 aliphatic carbocycles. The Bertz CT molecular complexity index is 752. The van der Waals surface area contributed by atoms with Gasteiger partial charge in [-0.3, -0.25) is 10.1 Å². The van der Waals surface area contributed by atoms with Gasteiger partial charge in [-0.05, 0) is 38.3 Å². The minimum atomic E-state index is -0.957. The van der Waals surface area contributed by atoms with Gasteiger partial charge in [0, 0.05) is 12.0 Å². The van der Waals surface area contributed by atoms with Gasteiger partial charge in [-0.1, -0.05) is 20.8 Å². The summed E-state index contributed by atoms with van der Waals surface area (Å²) >= 11 is 0. The van der Waals surface area contributed by atoms with E-state index in [4.69, 9.17) is 0 Å². The molecular formula is C17H23F2N3O. The molecule has 1 aromatic heterocycles. The molecule has 23 heavy (non-hydrogen) atoms. The molecular weight excluding hydrogens is 300 g/mol. The number of benzene rings is 1. The van der Waals surface area contributed by atoms with E-state index in [1.807, 2.05) is 41.5 Å². The Morgan fingerprint density at radius 3 is 2.30 bits per heavy atom. The summed E-state index contributed by atoms with van der Waals surface area (Å²) in [6.45, 7) is 11.4. The Morgan fingerprint density at radius 2 is 1.78 bits per heavy atom. The first-order valence-electron chi connectivity index (χ1n) is 7.57. The van der Waals surface area contributed by atoms with Gasteiger partial charge >= 0.3 is 0 Å². The number of rotatable bonds is 2. The lowest BCUT2D eigenvalue weighted by atomic mass is 9.92. The normalized spacial score (nSPS) is 12.7. The first-order valence-corrected chi connectivity index (χ1v) is 7.57. The number of hydrogen-bond acceptors (Lipinski definition) is 2. The highest BCUT2D eigenvalue weighted by molar-refractivity contribution is 5.92. The smallest absolute Gasteiger partial charge is 0.227 e. The van der Waals surface area contributed by atoms with Crippen LogP contribution in [0, 0.1) is 17.0 Å². The number of amides is 1. The van der Waals surface area contributed by atoms with E-state index in [2.05, 4.69) is 10.3 Å². The molecule has 1 N–H and O–H groups in total. The molecule has 0 saturated heterocycles. The van der Waals surface area contributed by atoms with Crippen molar-refractivity contribution in [2.24, 2.45) is 5.41 Å². The number of nitrogens with one attached hydrogen (secondary N) is 1. The van der Waals surface area contributed by atoms with Gasteiger partial charge in [0.05, 0.1) is 5.52 Å². The molecule has 0 fully saturated rings. The summed E-state index contributed by atoms with van der Waals surface area (Å²) < 4.78 is 29.4. The van der Waals surface area contributed by atoms with E-state index in [1.165, 1.54) is 10.6 Å². The largest absolute Gasteiger partial charge is 0.302 e. The van der Waals surface area contributed by atoms with Crippen molar-refractivity contribution < 1.29 is 13.6 Å². The maximum Gasteiger partial charge on any atom is 0.227 e. The highest BCUT2D eigenvalue weighted by Crippen LogP contribution is 2.31. The number of carbonyl (C=O) groups excluding carboxylic acids is 1. The van der Waals surface area contributed by atoms with E-state index in [0.717, 1.165) is 6.07 Å². The van der Waals surface area contributed by atoms with Gasteiger partial charge in [-0.15, -0.1) is 0 Å². The summed E-state index contributed by atoms with van der Waals surface area (Å²) in [5, 5.41) is 2.73. The average Bonchev–Trinajstić information content (AvgIpc) is 2.70. The van der Waals surface area contributed by atoms with Gasteiger partial charge < -0.3 is 4.57 Å². The predicted octanol–water partition coefficient (Wildman–Crippen LogP) is 4.44. The van der Waals surface area contributed by atoms with Crippen LogP contribution in [0.5, 0.6) is 0 Å². The molecule has 0 atom stereocenters. The first kappa shape index (κ1) is 17.4. The number of nitrogens with zero attached hydrogens (tertiary/aromatic N) is 2. The lowest BCUT2D eigenvalue weighted by Crippen LogP contribution is -2.27. The van der Waals surface area contributed by atoms with Crippen molar-refractivity contribution in [2.75, 3.05) is 5.32 Å². The lowest BCUT2D eigenvalue weighted by molar-refractivity contribution is -0.117. The van der Waals surface area contributed by atoms with E-state index < -0.39 is 17.2 Å². The number of carbonyl (C=O) groups is 1. The summed E-state index contributed by atoms with van der Waals surface area (Å²) in [4.78, 5) is 16.5. The molecule has 0 saturated carbocycles. The number of imidazole rings is 1. The van der Waals surface area contributed by atoms with Crippen molar-refractivity contribution in [1.82, 2.24) is 9.55 Å². The molecule has 1 heterocycles. The van der Waals surface area contributed by atoms with E-state index >= 15 is 0 Å². The SMILES string of the molecule is CC(C)(C)CC(=O)Nc1nc2ccc(F)c(F)c2n1C(C)(C)C. The van der Waals surface area contributed by atoms with E-state index in [0.29, 0.717) is 11.9 Å². The zero-order chi connectivity index (χ0) is 17.6. The maximum atomic E-state index is 14.3. The van der Waals surface area contributed by atoms with Crippen LogP contribution >= 0.6 is 0 Å². The van der Waals surface area contributed by atoms with Crippen molar-refractivity contribution in [3.8, 4) is 0 Å². The second-order valence-corrected chi connectivity index (χ2v) is 7.96. The number of hydrogen-bond donors (Lipinski definition) is 1. The van der Waals surface area contributed by atoms with Gasteiger partial charge in [-0.2, -0.15) is 0 Å². The third kappa shape index (κ3) is 3.68. The van der Waals surface area contributed by atoms with Crippen molar-refractivity contribution in [3.63, 3.8) is 0 Å². The zero-order valence-electron chi connectivity index (χ0n) is 14.4. The van der Waals surface area contributed by atoms with Crippen LogP contribution in [0.2, 0.25) is 0 Å². The molecule has 126 valence electrons. The minimum Gasteiger partial charge on any atom is -0.302 e. The minimum absolute atomic E-state index is 0.0589. The fourth-order valence-corrected chi connectivity index (χ4v) is 2.49. The second kappa shape index (κ2) is 5.58. The van der Waals surface area contributed by atoms with Gasteiger partial charge in [0.1, 0.15) is 5.52 Å². The lowest BCUT2D eigenvalue weighted by Gasteiger charge is -2.25. The van der Waals surface area contributed by atoms with Gasteiger partial charge in [0.15, 0.2) is 11.6 Å². The highest BCUT2D eigenvalue weighted by Gasteiger charge is 2.27. The van der Waals surface area contributed by atoms with Crippen LogP contribution in [0.3, 0.4) is 0 Å². The van der Waals surface area contributed by atoms with E-state index in [9.17, 15) is 13.6 Å². The van der Waals surface area contributed by atoms with E-state index in [1.54, 1.807) is 0 Å². The number of halogens is 2. The second-order valence-electron chi connectivity index (χ2n) is 7.96. The zero-order valence-corrected chi connectivity index (χ0v) is 14.4. The molecule has 0 spiro atoms. The van der Waals surface area contributed by atoms with E-state index in [-0.39, 0.29) is 22.8 Å². The molecule has 1 amide bonds. The summed E-state index contributed by atoms with van der Waals surface area (Å²) in [5.41, 5.74) is -0.387.